The summed E-state index contributed by atoms with van der Waals surface area (Å²) in [5.41, 5.74) is 2.38. The summed E-state index contributed by atoms with van der Waals surface area (Å²) in [6, 6.07) is 16.2. The second kappa shape index (κ2) is 14.8. The first kappa shape index (κ1) is 33.0. The Kier molecular flexibility index (Phi) is 10.9. The van der Waals surface area contributed by atoms with E-state index in [2.05, 4.69) is 10.6 Å². The van der Waals surface area contributed by atoms with Gasteiger partial charge in [-0.1, -0.05) is 35.3 Å². The van der Waals surface area contributed by atoms with Gasteiger partial charge in [-0.15, -0.1) is 12.4 Å². The molecule has 2 unspecified atom stereocenters. The number of piperidine rings is 1. The largest absolute Gasteiger partial charge is 0.490 e. The fraction of sp³-hybridized carbons (Fsp3) is 0.394. The summed E-state index contributed by atoms with van der Waals surface area (Å²) in [5, 5.41) is 7.38. The molecule has 2 atom stereocenters. The minimum Gasteiger partial charge on any atom is -0.490 e. The number of nitrogens with one attached hydrogen (secondary N) is 2. The zero-order chi connectivity index (χ0) is 30.6. The summed E-state index contributed by atoms with van der Waals surface area (Å²) in [6.07, 6.45) is 2.61. The number of fused-ring (bicyclic) bond motifs is 1. The van der Waals surface area contributed by atoms with Crippen molar-refractivity contribution in [3.05, 3.63) is 81.3 Å². The normalized spacial score (nSPS) is 18.5. The molecule has 2 fully saturated rings. The van der Waals surface area contributed by atoms with Crippen molar-refractivity contribution >= 4 is 47.4 Å². The molecular formula is C33H36Cl3N3O6. The standard InChI is InChI=1S/C33H35Cl2N3O6.ClH/c1-20-15-26(34)31(27(35)16-20)42-14-13-41-24-9-5-21(6-10-24)32(39)37-28-11-12-36-17-25(28)33(40)38(23-7-8-23)18-22-3-2-4-29-30(22)44-19-43-29;/h2-6,9-10,15-16,23,25,28,36H,7-8,11-14,17-19H2,1H3,(H,37,39);1H. The monoisotopic (exact) mass is 675 g/mol. The number of amides is 2. The fourth-order valence-electron chi connectivity index (χ4n) is 5.66. The third kappa shape index (κ3) is 7.90. The lowest BCUT2D eigenvalue weighted by Gasteiger charge is -2.36. The van der Waals surface area contributed by atoms with Crippen molar-refractivity contribution in [2.45, 2.75) is 44.8 Å². The van der Waals surface area contributed by atoms with E-state index in [1.54, 1.807) is 36.4 Å². The topological polar surface area (TPSA) is 98.4 Å². The lowest BCUT2D eigenvalue weighted by atomic mass is 9.91. The van der Waals surface area contributed by atoms with Crippen LogP contribution in [0.5, 0.6) is 23.0 Å². The second-order valence-corrected chi connectivity index (χ2v) is 12.1. The molecule has 12 heteroatoms. The van der Waals surface area contributed by atoms with Crippen LogP contribution in [0.25, 0.3) is 0 Å². The number of carbonyl (C=O) groups excluding carboxylic acids is 2. The lowest BCUT2D eigenvalue weighted by molar-refractivity contribution is -0.138. The van der Waals surface area contributed by atoms with Gasteiger partial charge in [0, 0.05) is 36.3 Å². The maximum Gasteiger partial charge on any atom is 0.251 e. The first-order valence-electron chi connectivity index (χ1n) is 14.9. The smallest absolute Gasteiger partial charge is 0.251 e. The molecule has 0 bridgehead atoms. The minimum atomic E-state index is -0.375. The van der Waals surface area contributed by atoms with Crippen LogP contribution in [0, 0.1) is 12.8 Å². The van der Waals surface area contributed by atoms with E-state index in [1.807, 2.05) is 30.0 Å². The Labute approximate surface area is 278 Å². The zero-order valence-electron chi connectivity index (χ0n) is 24.9. The van der Waals surface area contributed by atoms with Crippen molar-refractivity contribution in [3.63, 3.8) is 0 Å². The number of nitrogens with zero attached hydrogens (tertiary/aromatic N) is 1. The SMILES string of the molecule is Cc1cc(Cl)c(OCCOc2ccc(C(=O)NC3CCNCC3C(=O)N(Cc3cccc4c3OCO4)C3CC3)cc2)c(Cl)c1.Cl. The predicted molar refractivity (Wildman–Crippen MR) is 174 cm³/mol. The number of benzene rings is 3. The van der Waals surface area contributed by atoms with Gasteiger partial charge in [0.05, 0.1) is 16.0 Å². The number of aryl methyl sites for hydroxylation is 1. The van der Waals surface area contributed by atoms with Gasteiger partial charge in [0.15, 0.2) is 17.2 Å². The Morgan fingerprint density at radius 3 is 2.47 bits per heavy atom. The highest BCUT2D eigenvalue weighted by Crippen LogP contribution is 2.39. The maximum atomic E-state index is 13.9. The average Bonchev–Trinajstić information content (AvgIpc) is 3.74. The molecule has 240 valence electrons. The van der Waals surface area contributed by atoms with Gasteiger partial charge in [-0.25, -0.2) is 0 Å². The van der Waals surface area contributed by atoms with E-state index in [-0.39, 0.29) is 62.2 Å². The molecule has 3 aromatic rings. The molecule has 45 heavy (non-hydrogen) atoms. The number of rotatable bonds is 11. The first-order valence-corrected chi connectivity index (χ1v) is 15.6. The Hall–Kier alpha value is -3.37. The van der Waals surface area contributed by atoms with Crippen LogP contribution >= 0.6 is 35.6 Å². The molecule has 3 aliphatic rings. The van der Waals surface area contributed by atoms with E-state index in [4.69, 9.17) is 42.1 Å². The van der Waals surface area contributed by atoms with Crippen LogP contribution < -0.4 is 29.6 Å². The zero-order valence-corrected chi connectivity index (χ0v) is 27.2. The van der Waals surface area contributed by atoms with Gasteiger partial charge in [0.1, 0.15) is 19.0 Å². The van der Waals surface area contributed by atoms with E-state index in [1.165, 1.54) is 0 Å². The molecule has 9 nitrogen and oxygen atoms in total. The molecule has 2 amide bonds. The summed E-state index contributed by atoms with van der Waals surface area (Å²) in [5.74, 6) is 1.88. The number of hydrogen-bond acceptors (Lipinski definition) is 7. The Morgan fingerprint density at radius 1 is 1.00 bits per heavy atom. The van der Waals surface area contributed by atoms with Gasteiger partial charge in [0.2, 0.25) is 12.7 Å². The van der Waals surface area contributed by atoms with Crippen molar-refractivity contribution < 1.29 is 28.5 Å². The number of ether oxygens (including phenoxy) is 4. The molecule has 0 spiro atoms. The van der Waals surface area contributed by atoms with Gasteiger partial charge < -0.3 is 34.5 Å². The number of hydrogen-bond donors (Lipinski definition) is 2. The number of halogens is 3. The molecule has 1 saturated carbocycles. The molecule has 3 aromatic carbocycles. The fourth-order valence-corrected chi connectivity index (χ4v) is 6.36. The highest BCUT2D eigenvalue weighted by molar-refractivity contribution is 6.37. The van der Waals surface area contributed by atoms with E-state index in [0.717, 1.165) is 30.5 Å². The summed E-state index contributed by atoms with van der Waals surface area (Å²) in [4.78, 5) is 29.2. The third-order valence-electron chi connectivity index (χ3n) is 8.06. The van der Waals surface area contributed by atoms with Crippen LogP contribution in [-0.4, -0.2) is 61.9 Å². The van der Waals surface area contributed by atoms with Crippen LogP contribution in [0.15, 0.2) is 54.6 Å². The van der Waals surface area contributed by atoms with E-state index >= 15 is 0 Å². The molecule has 6 rings (SSSR count). The van der Waals surface area contributed by atoms with E-state index < -0.39 is 0 Å². The van der Waals surface area contributed by atoms with Gasteiger partial charge in [-0.05, 0) is 80.8 Å². The van der Waals surface area contributed by atoms with Crippen molar-refractivity contribution in [2.24, 2.45) is 5.92 Å². The molecule has 1 saturated heterocycles. The van der Waals surface area contributed by atoms with Crippen molar-refractivity contribution in [2.75, 3.05) is 33.1 Å². The summed E-state index contributed by atoms with van der Waals surface area (Å²) >= 11 is 12.5. The maximum absolute atomic E-state index is 13.9. The molecule has 2 N–H and O–H groups in total. The van der Waals surface area contributed by atoms with E-state index in [9.17, 15) is 9.59 Å². The van der Waals surface area contributed by atoms with E-state index in [0.29, 0.717) is 58.1 Å². The van der Waals surface area contributed by atoms with Gasteiger partial charge in [-0.2, -0.15) is 0 Å². The van der Waals surface area contributed by atoms with Gasteiger partial charge in [0.25, 0.3) is 5.91 Å². The third-order valence-corrected chi connectivity index (χ3v) is 8.62. The summed E-state index contributed by atoms with van der Waals surface area (Å²) < 4.78 is 22.7. The molecular weight excluding hydrogens is 641 g/mol. The molecule has 1 aliphatic carbocycles. The lowest BCUT2D eigenvalue weighted by Crippen LogP contribution is -2.55. The van der Waals surface area contributed by atoms with Crippen LogP contribution in [0.3, 0.4) is 0 Å². The first-order chi connectivity index (χ1) is 21.4. The summed E-state index contributed by atoms with van der Waals surface area (Å²) in [6.45, 7) is 4.30. The second-order valence-electron chi connectivity index (χ2n) is 11.3. The Bertz CT molecular complexity index is 1500. The molecule has 0 aromatic heterocycles. The minimum absolute atomic E-state index is 0. The predicted octanol–water partition coefficient (Wildman–Crippen LogP) is 5.81. The number of para-hydroxylation sites is 1. The average molecular weight is 677 g/mol. The van der Waals surface area contributed by atoms with Gasteiger partial charge >= 0.3 is 0 Å². The number of carbonyl (C=O) groups is 2. The van der Waals surface area contributed by atoms with Crippen molar-refractivity contribution in [1.29, 1.82) is 0 Å². The van der Waals surface area contributed by atoms with Crippen molar-refractivity contribution in [1.82, 2.24) is 15.5 Å². The Morgan fingerprint density at radius 2 is 1.73 bits per heavy atom. The molecule has 0 radical (unpaired) electrons. The van der Waals surface area contributed by atoms with Crippen LogP contribution in [0.4, 0.5) is 0 Å². The highest BCUT2D eigenvalue weighted by Gasteiger charge is 2.40. The van der Waals surface area contributed by atoms with Gasteiger partial charge in [-0.3, -0.25) is 9.59 Å². The quantitative estimate of drug-likeness (QED) is 0.248. The van der Waals surface area contributed by atoms with Crippen LogP contribution in [0.2, 0.25) is 10.0 Å². The van der Waals surface area contributed by atoms with Crippen molar-refractivity contribution in [3.8, 4) is 23.0 Å². The Balaban J connectivity index is 0.00000400. The van der Waals surface area contributed by atoms with Crippen LogP contribution in [0.1, 0.15) is 40.7 Å². The van der Waals surface area contributed by atoms with Crippen LogP contribution in [-0.2, 0) is 11.3 Å². The summed E-state index contributed by atoms with van der Waals surface area (Å²) in [7, 11) is 0. The molecule has 2 aliphatic heterocycles. The highest BCUT2D eigenvalue weighted by atomic mass is 35.5. The molecule has 2 heterocycles.